The van der Waals surface area contributed by atoms with Crippen molar-refractivity contribution in [1.82, 2.24) is 15.5 Å². The van der Waals surface area contributed by atoms with Crippen LogP contribution in [-0.2, 0) is 22.6 Å². The number of ether oxygens (including phenoxy) is 2. The number of hydrogen-bond acceptors (Lipinski definition) is 4. The molecule has 1 aromatic rings. The quantitative estimate of drug-likeness (QED) is 0.312. The van der Waals surface area contributed by atoms with Crippen molar-refractivity contribution in [3.05, 3.63) is 35.1 Å². The van der Waals surface area contributed by atoms with Crippen LogP contribution in [0.5, 0.6) is 0 Å². The first-order valence-corrected chi connectivity index (χ1v) is 9.58. The van der Waals surface area contributed by atoms with Crippen LogP contribution in [0, 0.1) is 5.82 Å². The third-order valence-corrected chi connectivity index (χ3v) is 3.83. The number of rotatable bonds is 13. The summed E-state index contributed by atoms with van der Waals surface area (Å²) >= 11 is 0. The molecule has 0 amide bonds. The number of aliphatic imine (C=N–C) groups is 1. The second kappa shape index (κ2) is 14.4. The highest BCUT2D eigenvalue weighted by Crippen LogP contribution is 2.12. The first-order valence-electron chi connectivity index (χ1n) is 9.58. The maximum absolute atomic E-state index is 13.8. The highest BCUT2D eigenvalue weighted by atomic mass is 19.1. The van der Waals surface area contributed by atoms with Gasteiger partial charge in [0.25, 0.3) is 0 Å². The minimum Gasteiger partial charge on any atom is -0.379 e. The van der Waals surface area contributed by atoms with Gasteiger partial charge >= 0.3 is 0 Å². The average Bonchev–Trinajstić information content (AvgIpc) is 2.64. The molecule has 0 spiro atoms. The lowest BCUT2D eigenvalue weighted by molar-refractivity contribution is 0.0487. The van der Waals surface area contributed by atoms with Crippen molar-refractivity contribution in [2.75, 3.05) is 54.1 Å². The molecule has 0 saturated carbocycles. The zero-order valence-corrected chi connectivity index (χ0v) is 17.2. The van der Waals surface area contributed by atoms with E-state index in [-0.39, 0.29) is 5.82 Å². The smallest absolute Gasteiger partial charge is 0.191 e. The van der Waals surface area contributed by atoms with Gasteiger partial charge in [0.05, 0.1) is 19.8 Å². The van der Waals surface area contributed by atoms with E-state index in [0.29, 0.717) is 51.0 Å². The highest BCUT2D eigenvalue weighted by molar-refractivity contribution is 5.79. The molecule has 2 N–H and O–H groups in total. The molecule has 0 bridgehead atoms. The summed E-state index contributed by atoms with van der Waals surface area (Å²) in [6.45, 7) is 6.57. The summed E-state index contributed by atoms with van der Waals surface area (Å²) < 4.78 is 24.8. The van der Waals surface area contributed by atoms with Crippen LogP contribution in [0.25, 0.3) is 0 Å². The Morgan fingerprint density at radius 2 is 1.85 bits per heavy atom. The van der Waals surface area contributed by atoms with Gasteiger partial charge in [0, 0.05) is 38.9 Å². The molecule has 1 aromatic carbocycles. The maximum Gasteiger partial charge on any atom is 0.191 e. The van der Waals surface area contributed by atoms with Gasteiger partial charge in [-0.05, 0) is 38.2 Å². The number of guanidine groups is 1. The predicted molar refractivity (Wildman–Crippen MR) is 109 cm³/mol. The van der Waals surface area contributed by atoms with Gasteiger partial charge in [-0.1, -0.05) is 19.4 Å². The van der Waals surface area contributed by atoms with Crippen LogP contribution in [0.1, 0.15) is 30.9 Å². The largest absolute Gasteiger partial charge is 0.379 e. The summed E-state index contributed by atoms with van der Waals surface area (Å²) in [6, 6.07) is 5.19. The maximum atomic E-state index is 13.8. The number of nitrogens with one attached hydrogen (secondary N) is 2. The summed E-state index contributed by atoms with van der Waals surface area (Å²) in [5.74, 6) is 0.516. The first kappa shape index (κ1) is 23.3. The number of halogens is 1. The molecule has 0 aliphatic carbocycles. The molecule has 27 heavy (non-hydrogen) atoms. The normalized spacial score (nSPS) is 11.9. The van der Waals surface area contributed by atoms with Crippen LogP contribution in [0.2, 0.25) is 0 Å². The second-order valence-electron chi connectivity index (χ2n) is 6.59. The Kier molecular flexibility index (Phi) is 12.4. The van der Waals surface area contributed by atoms with Gasteiger partial charge in [0.2, 0.25) is 0 Å². The number of hydrogen-bond donors (Lipinski definition) is 2. The van der Waals surface area contributed by atoms with E-state index in [4.69, 9.17) is 9.47 Å². The van der Waals surface area contributed by atoms with Crippen LogP contribution >= 0.6 is 0 Å². The monoisotopic (exact) mass is 382 g/mol. The molecule has 0 fully saturated rings. The van der Waals surface area contributed by atoms with Crippen molar-refractivity contribution < 1.29 is 13.9 Å². The van der Waals surface area contributed by atoms with E-state index in [1.54, 1.807) is 13.1 Å². The molecule has 0 aliphatic rings. The SMILES string of the molecule is CCCCOCCOCCNC(=NC)NCc1ccc(F)c(CN(C)C)c1. The second-order valence-corrected chi connectivity index (χ2v) is 6.59. The molecule has 0 heterocycles. The van der Waals surface area contributed by atoms with Crippen molar-refractivity contribution >= 4 is 5.96 Å². The van der Waals surface area contributed by atoms with E-state index in [1.165, 1.54) is 6.07 Å². The van der Waals surface area contributed by atoms with Crippen molar-refractivity contribution in [3.8, 4) is 0 Å². The van der Waals surface area contributed by atoms with Crippen molar-refractivity contribution in [3.63, 3.8) is 0 Å². The van der Waals surface area contributed by atoms with E-state index in [1.807, 2.05) is 25.1 Å². The van der Waals surface area contributed by atoms with E-state index >= 15 is 0 Å². The van der Waals surface area contributed by atoms with Crippen molar-refractivity contribution in [2.24, 2.45) is 4.99 Å². The standard InChI is InChI=1S/C20H35FN4O2/c1-5-6-10-26-12-13-27-11-9-23-20(22-2)24-15-17-7-8-19(21)18(14-17)16-25(3)4/h7-8,14H,5-6,9-13,15-16H2,1-4H3,(H2,22,23,24). The lowest BCUT2D eigenvalue weighted by Crippen LogP contribution is -2.38. The zero-order valence-electron chi connectivity index (χ0n) is 17.2. The fourth-order valence-electron chi connectivity index (χ4n) is 2.42. The van der Waals surface area contributed by atoms with Gasteiger partial charge in [-0.2, -0.15) is 0 Å². The van der Waals surface area contributed by atoms with E-state index in [0.717, 1.165) is 25.0 Å². The molecular formula is C20H35FN4O2. The molecule has 0 radical (unpaired) electrons. The van der Waals surface area contributed by atoms with Gasteiger partial charge < -0.3 is 25.0 Å². The molecule has 6 nitrogen and oxygen atoms in total. The minimum absolute atomic E-state index is 0.175. The molecule has 0 saturated heterocycles. The molecule has 0 unspecified atom stereocenters. The number of unbranched alkanes of at least 4 members (excludes halogenated alkanes) is 1. The minimum atomic E-state index is -0.175. The third kappa shape index (κ3) is 10.9. The van der Waals surface area contributed by atoms with Crippen LogP contribution in [-0.4, -0.2) is 65.0 Å². The zero-order chi connectivity index (χ0) is 19.9. The van der Waals surface area contributed by atoms with Gasteiger partial charge in [-0.3, -0.25) is 4.99 Å². The summed E-state index contributed by atoms with van der Waals surface area (Å²) in [7, 11) is 5.57. The van der Waals surface area contributed by atoms with Crippen LogP contribution in [0.15, 0.2) is 23.2 Å². The molecule has 0 atom stereocenters. The van der Waals surface area contributed by atoms with Crippen LogP contribution in [0.4, 0.5) is 4.39 Å². The van der Waals surface area contributed by atoms with Crippen molar-refractivity contribution in [2.45, 2.75) is 32.9 Å². The van der Waals surface area contributed by atoms with E-state index < -0.39 is 0 Å². The fraction of sp³-hybridized carbons (Fsp3) is 0.650. The van der Waals surface area contributed by atoms with Gasteiger partial charge in [-0.25, -0.2) is 4.39 Å². The Hall–Kier alpha value is -1.70. The number of benzene rings is 1. The van der Waals surface area contributed by atoms with Gasteiger partial charge in [-0.15, -0.1) is 0 Å². The number of nitrogens with zero attached hydrogens (tertiary/aromatic N) is 2. The Morgan fingerprint density at radius 1 is 1.11 bits per heavy atom. The Labute approximate surface area is 163 Å². The Bertz CT molecular complexity index is 553. The lowest BCUT2D eigenvalue weighted by Gasteiger charge is -2.14. The fourth-order valence-corrected chi connectivity index (χ4v) is 2.42. The van der Waals surface area contributed by atoms with E-state index in [9.17, 15) is 4.39 Å². The predicted octanol–water partition coefficient (Wildman–Crippen LogP) is 2.39. The third-order valence-electron chi connectivity index (χ3n) is 3.83. The molecule has 0 aromatic heterocycles. The topological polar surface area (TPSA) is 58.1 Å². The molecule has 154 valence electrons. The summed E-state index contributed by atoms with van der Waals surface area (Å²) in [4.78, 5) is 6.14. The average molecular weight is 383 g/mol. The Balaban J connectivity index is 2.24. The lowest BCUT2D eigenvalue weighted by atomic mass is 10.1. The summed E-state index contributed by atoms with van der Waals surface area (Å²) in [5, 5.41) is 6.43. The first-order chi connectivity index (χ1) is 13.1. The molecular weight excluding hydrogens is 347 g/mol. The van der Waals surface area contributed by atoms with Crippen molar-refractivity contribution in [1.29, 1.82) is 0 Å². The highest BCUT2D eigenvalue weighted by Gasteiger charge is 2.06. The van der Waals surface area contributed by atoms with Gasteiger partial charge in [0.15, 0.2) is 5.96 Å². The molecule has 0 aliphatic heterocycles. The summed E-state index contributed by atoms with van der Waals surface area (Å²) in [5.41, 5.74) is 1.70. The van der Waals surface area contributed by atoms with Crippen LogP contribution in [0.3, 0.4) is 0 Å². The van der Waals surface area contributed by atoms with Crippen LogP contribution < -0.4 is 10.6 Å². The van der Waals surface area contributed by atoms with Gasteiger partial charge in [0.1, 0.15) is 5.82 Å². The molecule has 7 heteroatoms. The van der Waals surface area contributed by atoms with E-state index in [2.05, 4.69) is 22.5 Å². The Morgan fingerprint density at radius 3 is 2.52 bits per heavy atom. The summed E-state index contributed by atoms with van der Waals surface area (Å²) in [6.07, 6.45) is 2.24. The molecule has 1 rings (SSSR count).